The molecule has 192 valence electrons. The second kappa shape index (κ2) is 15.1. The van der Waals surface area contributed by atoms with E-state index in [1.807, 2.05) is 19.9 Å². The zero-order valence-corrected chi connectivity index (χ0v) is 22.5. The summed E-state index contributed by atoms with van der Waals surface area (Å²) in [6.45, 7) is 7.23. The van der Waals surface area contributed by atoms with Gasteiger partial charge in [-0.2, -0.15) is 4.67 Å². The SMILES string of the molecule is CC.CCO.COOP(C)(=O)C(C(=O)N/C=C/c1ccc(F)c(F)c1)c1csc2ccc(Cl)cc12. The fraction of sp³-hybridized carbons (Fsp3) is 0.292. The summed E-state index contributed by atoms with van der Waals surface area (Å²) in [4.78, 5) is 17.6. The number of hydrogen-bond acceptors (Lipinski definition) is 6. The van der Waals surface area contributed by atoms with Crippen molar-refractivity contribution in [3.8, 4) is 0 Å². The van der Waals surface area contributed by atoms with Gasteiger partial charge in [0.1, 0.15) is 5.66 Å². The minimum absolute atomic E-state index is 0.250. The zero-order chi connectivity index (χ0) is 26.6. The smallest absolute Gasteiger partial charge is 0.248 e. The summed E-state index contributed by atoms with van der Waals surface area (Å²) >= 11 is 7.47. The largest absolute Gasteiger partial charge is 0.397 e. The zero-order valence-electron chi connectivity index (χ0n) is 20.1. The summed E-state index contributed by atoms with van der Waals surface area (Å²) in [5, 5.41) is 13.0. The first-order valence-corrected chi connectivity index (χ1v) is 14.0. The van der Waals surface area contributed by atoms with Crippen molar-refractivity contribution in [3.63, 3.8) is 0 Å². The van der Waals surface area contributed by atoms with Crippen LogP contribution in [0.25, 0.3) is 16.2 Å². The van der Waals surface area contributed by atoms with E-state index in [1.165, 1.54) is 43.5 Å². The monoisotopic (exact) mass is 547 g/mol. The highest BCUT2D eigenvalue weighted by Gasteiger charge is 2.39. The van der Waals surface area contributed by atoms with Crippen LogP contribution in [0.5, 0.6) is 0 Å². The lowest BCUT2D eigenvalue weighted by molar-refractivity contribution is -0.177. The highest BCUT2D eigenvalue weighted by molar-refractivity contribution is 7.59. The van der Waals surface area contributed by atoms with Gasteiger partial charge in [-0.15, -0.1) is 11.3 Å². The maximum Gasteiger partial charge on any atom is 0.248 e. The van der Waals surface area contributed by atoms with Gasteiger partial charge >= 0.3 is 0 Å². The summed E-state index contributed by atoms with van der Waals surface area (Å²) in [7, 11) is -2.40. The van der Waals surface area contributed by atoms with Gasteiger partial charge in [0.25, 0.3) is 0 Å². The van der Waals surface area contributed by atoms with E-state index in [0.717, 1.165) is 16.8 Å². The predicted molar refractivity (Wildman–Crippen MR) is 139 cm³/mol. The number of aliphatic hydroxyl groups is 1. The molecule has 2 unspecified atom stereocenters. The molecule has 35 heavy (non-hydrogen) atoms. The quantitative estimate of drug-likeness (QED) is 0.186. The van der Waals surface area contributed by atoms with Gasteiger partial charge in [-0.1, -0.05) is 31.5 Å². The minimum atomic E-state index is -3.61. The molecule has 1 amide bonds. The Kier molecular flexibility index (Phi) is 13.3. The highest BCUT2D eigenvalue weighted by atomic mass is 35.5. The molecule has 0 aliphatic carbocycles. The van der Waals surface area contributed by atoms with Crippen LogP contribution in [0, 0.1) is 11.6 Å². The Balaban J connectivity index is 0.00000114. The van der Waals surface area contributed by atoms with Crippen LogP contribution >= 0.6 is 30.3 Å². The number of fused-ring (bicyclic) bond motifs is 1. The summed E-state index contributed by atoms with van der Waals surface area (Å²) < 4.78 is 45.3. The van der Waals surface area contributed by atoms with Crippen LogP contribution in [0.2, 0.25) is 5.02 Å². The van der Waals surface area contributed by atoms with E-state index in [-0.39, 0.29) is 6.61 Å². The van der Waals surface area contributed by atoms with Gasteiger partial charge in [0.05, 0.1) is 7.11 Å². The second-order valence-electron chi connectivity index (χ2n) is 6.72. The van der Waals surface area contributed by atoms with E-state index in [0.29, 0.717) is 21.5 Å². The summed E-state index contributed by atoms with van der Waals surface area (Å²) in [5.41, 5.74) is -0.357. The summed E-state index contributed by atoms with van der Waals surface area (Å²) in [6, 6.07) is 8.54. The second-order valence-corrected chi connectivity index (χ2v) is 10.5. The number of nitrogens with one attached hydrogen (secondary N) is 1. The maximum atomic E-state index is 13.3. The molecule has 0 fully saturated rings. The van der Waals surface area contributed by atoms with Gasteiger partial charge < -0.3 is 10.4 Å². The lowest BCUT2D eigenvalue weighted by Crippen LogP contribution is -2.25. The standard InChI is InChI=1S/C20H17ClF2NO4PS.C2H6O.C2H6/c1-27-28-29(2,26)19(15-11-30-18-6-4-13(21)10-14(15)18)20(25)24-8-7-12-3-5-16(22)17(23)9-12;1-2-3;1-2/h3-11,19H,1-2H3,(H,24,25);3H,2H2,1H3;1-2H3/b8-7+;;. The van der Waals surface area contributed by atoms with Crippen molar-refractivity contribution in [1.82, 2.24) is 5.32 Å². The highest BCUT2D eigenvalue weighted by Crippen LogP contribution is 2.59. The molecule has 1 heterocycles. The molecular weight excluding hydrogens is 519 g/mol. The Hall–Kier alpha value is -2.13. The fourth-order valence-corrected chi connectivity index (χ4v) is 5.79. The third-order valence-electron chi connectivity index (χ3n) is 4.24. The summed E-state index contributed by atoms with van der Waals surface area (Å²) in [5.74, 6) is -2.59. The van der Waals surface area contributed by atoms with Gasteiger partial charge in [0.2, 0.25) is 13.3 Å². The number of amides is 1. The molecule has 6 nitrogen and oxygen atoms in total. The number of carbonyl (C=O) groups is 1. The van der Waals surface area contributed by atoms with Gasteiger partial charge in [-0.25, -0.2) is 13.7 Å². The first-order chi connectivity index (χ1) is 16.6. The van der Waals surface area contributed by atoms with Crippen LogP contribution in [-0.2, 0) is 18.9 Å². The molecule has 0 aliphatic rings. The van der Waals surface area contributed by atoms with Crippen LogP contribution in [0.3, 0.4) is 0 Å². The van der Waals surface area contributed by atoms with Crippen molar-refractivity contribution >= 4 is 52.4 Å². The fourth-order valence-electron chi connectivity index (χ4n) is 2.95. The number of rotatable bonds is 7. The molecule has 11 heteroatoms. The van der Waals surface area contributed by atoms with Gasteiger partial charge in [-0.3, -0.25) is 9.36 Å². The van der Waals surface area contributed by atoms with E-state index in [9.17, 15) is 18.1 Å². The predicted octanol–water partition coefficient (Wildman–Crippen LogP) is 7.17. The van der Waals surface area contributed by atoms with Crippen LogP contribution in [0.1, 0.15) is 37.6 Å². The normalized spacial score (nSPS) is 13.3. The number of carbonyl (C=O) groups excluding carboxylic acids is 1. The number of thiophene rings is 1. The van der Waals surface area contributed by atoms with E-state index in [2.05, 4.69) is 10.2 Å². The number of benzene rings is 2. The minimum Gasteiger partial charge on any atom is -0.397 e. The van der Waals surface area contributed by atoms with Crippen molar-refractivity contribution in [2.45, 2.75) is 26.4 Å². The third-order valence-corrected chi connectivity index (χ3v) is 7.36. The van der Waals surface area contributed by atoms with Crippen molar-refractivity contribution in [3.05, 3.63) is 75.8 Å². The van der Waals surface area contributed by atoms with Crippen LogP contribution in [0.15, 0.2) is 48.0 Å². The Morgan fingerprint density at radius 2 is 1.89 bits per heavy atom. The molecule has 2 aromatic carbocycles. The Labute approximate surface area is 212 Å². The van der Waals surface area contributed by atoms with Crippen LogP contribution < -0.4 is 5.32 Å². The molecule has 3 aromatic rings. The number of hydrogen-bond donors (Lipinski definition) is 2. The molecule has 2 atom stereocenters. The van der Waals surface area contributed by atoms with E-state index >= 15 is 0 Å². The molecule has 0 spiro atoms. The molecule has 1 aromatic heterocycles. The van der Waals surface area contributed by atoms with Crippen molar-refractivity contribution < 1.29 is 32.8 Å². The Bertz CT molecular complexity index is 1190. The first-order valence-electron chi connectivity index (χ1n) is 10.6. The molecular formula is C24H29ClF2NO5PS. The van der Waals surface area contributed by atoms with Crippen LogP contribution in [-0.4, -0.2) is 31.4 Å². The molecule has 2 N–H and O–H groups in total. The topological polar surface area (TPSA) is 84.9 Å². The average molecular weight is 548 g/mol. The van der Waals surface area contributed by atoms with Gasteiger partial charge in [0, 0.05) is 29.2 Å². The number of aliphatic hydroxyl groups excluding tert-OH is 1. The van der Waals surface area contributed by atoms with Crippen molar-refractivity contribution in [2.75, 3.05) is 20.4 Å². The molecule has 0 saturated heterocycles. The molecule has 3 rings (SSSR count). The average Bonchev–Trinajstić information content (AvgIpc) is 3.20. The van der Waals surface area contributed by atoms with Crippen LogP contribution in [0.4, 0.5) is 8.78 Å². The van der Waals surface area contributed by atoms with Crippen molar-refractivity contribution in [2.24, 2.45) is 0 Å². The molecule has 0 saturated carbocycles. The molecule has 0 bridgehead atoms. The first kappa shape index (κ1) is 30.9. The van der Waals surface area contributed by atoms with Gasteiger partial charge in [0.15, 0.2) is 11.6 Å². The van der Waals surface area contributed by atoms with Crippen molar-refractivity contribution in [1.29, 1.82) is 0 Å². The lowest BCUT2D eigenvalue weighted by atomic mass is 10.1. The van der Waals surface area contributed by atoms with E-state index in [4.69, 9.17) is 21.4 Å². The molecule has 0 aliphatic heterocycles. The lowest BCUT2D eigenvalue weighted by Gasteiger charge is -2.21. The van der Waals surface area contributed by atoms with Gasteiger partial charge in [-0.05, 0) is 65.2 Å². The molecule has 0 radical (unpaired) electrons. The van der Waals surface area contributed by atoms with E-state index < -0.39 is 30.6 Å². The maximum absolute atomic E-state index is 13.3. The summed E-state index contributed by atoms with van der Waals surface area (Å²) in [6.07, 6.45) is 2.65. The van der Waals surface area contributed by atoms with E-state index in [1.54, 1.807) is 24.4 Å². The number of halogens is 3. The Morgan fingerprint density at radius 1 is 1.23 bits per heavy atom. The third kappa shape index (κ3) is 8.79. The Morgan fingerprint density at radius 3 is 2.49 bits per heavy atom.